The van der Waals surface area contributed by atoms with E-state index in [2.05, 4.69) is 9.97 Å². The molecule has 1 unspecified atom stereocenters. The summed E-state index contributed by atoms with van der Waals surface area (Å²) in [7, 11) is 1.39. The molecule has 2 rings (SSSR count). The van der Waals surface area contributed by atoms with E-state index in [4.69, 9.17) is 10.5 Å². The second kappa shape index (κ2) is 6.93. The molecule has 1 aromatic carbocycles. The van der Waals surface area contributed by atoms with E-state index >= 15 is 0 Å². The topological polar surface area (TPSA) is 101 Å². The van der Waals surface area contributed by atoms with Crippen molar-refractivity contribution in [3.63, 3.8) is 0 Å². The Balaban J connectivity index is 2.50. The van der Waals surface area contributed by atoms with Crippen LogP contribution in [0.25, 0.3) is 0 Å². The maximum absolute atomic E-state index is 13.6. The van der Waals surface area contributed by atoms with Crippen molar-refractivity contribution in [1.29, 1.82) is 0 Å². The molecule has 0 aliphatic rings. The molecule has 122 valence electrons. The maximum Gasteiger partial charge on any atom is 0.344 e. The fourth-order valence-electron chi connectivity index (χ4n) is 2.11. The van der Waals surface area contributed by atoms with Gasteiger partial charge in [-0.2, -0.15) is 9.97 Å². The van der Waals surface area contributed by atoms with Gasteiger partial charge < -0.3 is 15.0 Å². The molecule has 2 aromatic rings. The second-order valence-corrected chi connectivity index (χ2v) is 6.35. The standard InChI is InChI=1S/C15H16FN3O3S/c1-4-23(21)15-18-7-11(14(17)19-15)12(20)10-6-9(16)5-8(2)13(10)22-3/h5-7H,4H2,1-3H3,(H2,17,18,19). The molecule has 2 N–H and O–H groups in total. The van der Waals surface area contributed by atoms with Crippen LogP contribution in [-0.2, 0) is 11.2 Å². The largest absolute Gasteiger partial charge is 0.609 e. The van der Waals surface area contributed by atoms with E-state index in [9.17, 15) is 13.7 Å². The Hall–Kier alpha value is -2.19. The lowest BCUT2D eigenvalue weighted by atomic mass is 10.0. The number of anilines is 1. The van der Waals surface area contributed by atoms with Gasteiger partial charge in [0.15, 0.2) is 0 Å². The van der Waals surface area contributed by atoms with Gasteiger partial charge in [-0.15, -0.1) is 0 Å². The van der Waals surface area contributed by atoms with Crippen LogP contribution in [-0.4, -0.2) is 33.2 Å². The second-order valence-electron chi connectivity index (χ2n) is 4.72. The first-order chi connectivity index (χ1) is 10.9. The Labute approximate surface area is 136 Å². The SMILES string of the molecule is CC[S+]([O-])c1ncc(C(=O)c2cc(F)cc(C)c2OC)c(N)n1. The van der Waals surface area contributed by atoms with E-state index in [1.54, 1.807) is 13.8 Å². The molecule has 0 saturated heterocycles. The van der Waals surface area contributed by atoms with E-state index < -0.39 is 22.8 Å². The number of nitrogen functional groups attached to an aromatic ring is 1. The molecule has 1 aromatic heterocycles. The van der Waals surface area contributed by atoms with Crippen LogP contribution in [0.1, 0.15) is 28.4 Å². The van der Waals surface area contributed by atoms with Crippen LogP contribution in [0.2, 0.25) is 0 Å². The minimum Gasteiger partial charge on any atom is -0.609 e. The van der Waals surface area contributed by atoms with E-state index in [0.717, 1.165) is 6.07 Å². The highest BCUT2D eigenvalue weighted by molar-refractivity contribution is 7.91. The Kier molecular flexibility index (Phi) is 5.17. The number of ketones is 1. The minimum atomic E-state index is -1.38. The summed E-state index contributed by atoms with van der Waals surface area (Å²) < 4.78 is 30.5. The van der Waals surface area contributed by atoms with Gasteiger partial charge in [0.1, 0.15) is 23.1 Å². The summed E-state index contributed by atoms with van der Waals surface area (Å²) in [5.41, 5.74) is 6.30. The number of rotatable bonds is 5. The molecule has 0 aliphatic carbocycles. The predicted molar refractivity (Wildman–Crippen MR) is 84.5 cm³/mol. The van der Waals surface area contributed by atoms with Gasteiger partial charge in [0.25, 0.3) is 0 Å². The van der Waals surface area contributed by atoms with Crippen LogP contribution in [0.5, 0.6) is 5.75 Å². The van der Waals surface area contributed by atoms with Gasteiger partial charge in [-0.1, -0.05) is 0 Å². The number of nitrogens with two attached hydrogens (primary N) is 1. The van der Waals surface area contributed by atoms with Crippen LogP contribution in [0.3, 0.4) is 0 Å². The molecule has 0 spiro atoms. The van der Waals surface area contributed by atoms with Gasteiger partial charge in [0.05, 0.1) is 18.2 Å². The normalized spacial score (nSPS) is 12.0. The third-order valence-corrected chi connectivity index (χ3v) is 4.32. The lowest BCUT2D eigenvalue weighted by Crippen LogP contribution is -2.15. The lowest BCUT2D eigenvalue weighted by molar-refractivity contribution is 0.103. The first-order valence-corrected chi connectivity index (χ1v) is 8.10. The monoisotopic (exact) mass is 337 g/mol. The van der Waals surface area contributed by atoms with E-state index in [0.29, 0.717) is 11.3 Å². The molecule has 0 bridgehead atoms. The van der Waals surface area contributed by atoms with Crippen molar-refractivity contribution in [2.24, 2.45) is 0 Å². The first-order valence-electron chi connectivity index (χ1n) is 6.78. The zero-order valence-corrected chi connectivity index (χ0v) is 13.7. The number of methoxy groups -OCH3 is 1. The molecule has 0 amide bonds. The van der Waals surface area contributed by atoms with E-state index in [1.165, 1.54) is 19.4 Å². The number of hydrogen-bond donors (Lipinski definition) is 1. The van der Waals surface area contributed by atoms with Crippen molar-refractivity contribution in [3.05, 3.63) is 40.8 Å². The number of carbonyl (C=O) groups excluding carboxylic acids is 1. The van der Waals surface area contributed by atoms with Gasteiger partial charge in [-0.3, -0.25) is 4.79 Å². The van der Waals surface area contributed by atoms with Crippen LogP contribution < -0.4 is 10.5 Å². The summed E-state index contributed by atoms with van der Waals surface area (Å²) in [5, 5.41) is 0.0592. The van der Waals surface area contributed by atoms with Gasteiger partial charge in [-0.05, 0) is 31.5 Å². The number of nitrogens with zero attached hydrogens (tertiary/aromatic N) is 2. The average molecular weight is 337 g/mol. The van der Waals surface area contributed by atoms with Crippen molar-refractivity contribution in [2.45, 2.75) is 19.0 Å². The summed E-state index contributed by atoms with van der Waals surface area (Å²) in [6.45, 7) is 3.35. The van der Waals surface area contributed by atoms with Gasteiger partial charge in [-0.25, -0.2) is 4.39 Å². The number of benzene rings is 1. The van der Waals surface area contributed by atoms with Crippen molar-refractivity contribution in [2.75, 3.05) is 18.6 Å². The highest BCUT2D eigenvalue weighted by Gasteiger charge is 2.23. The maximum atomic E-state index is 13.6. The molecule has 0 fully saturated rings. The first kappa shape index (κ1) is 17.2. The minimum absolute atomic E-state index is 0.00477. The third kappa shape index (κ3) is 3.43. The highest BCUT2D eigenvalue weighted by atomic mass is 32.2. The number of aryl methyl sites for hydroxylation is 1. The zero-order chi connectivity index (χ0) is 17.1. The fourth-order valence-corrected chi connectivity index (χ4v) is 2.74. The summed E-state index contributed by atoms with van der Waals surface area (Å²) in [6.07, 6.45) is 1.20. The Morgan fingerprint density at radius 1 is 1.43 bits per heavy atom. The fraction of sp³-hybridized carbons (Fsp3) is 0.267. The van der Waals surface area contributed by atoms with Gasteiger partial charge in [0, 0.05) is 17.4 Å². The third-order valence-electron chi connectivity index (χ3n) is 3.19. The Morgan fingerprint density at radius 3 is 2.70 bits per heavy atom. The number of hydrogen-bond acceptors (Lipinski definition) is 6. The summed E-state index contributed by atoms with van der Waals surface area (Å²) in [4.78, 5) is 20.4. The Morgan fingerprint density at radius 2 is 2.13 bits per heavy atom. The average Bonchev–Trinajstić information content (AvgIpc) is 2.52. The zero-order valence-electron chi connectivity index (χ0n) is 12.9. The number of ether oxygens (including phenoxy) is 1. The van der Waals surface area contributed by atoms with Crippen molar-refractivity contribution in [1.82, 2.24) is 9.97 Å². The molecule has 1 atom stereocenters. The molecule has 0 aliphatic heterocycles. The molecule has 0 saturated carbocycles. The summed E-state index contributed by atoms with van der Waals surface area (Å²) in [6, 6.07) is 2.34. The van der Waals surface area contributed by atoms with Crippen molar-refractivity contribution in [3.8, 4) is 5.75 Å². The summed E-state index contributed by atoms with van der Waals surface area (Å²) in [5.74, 6) is -0.627. The van der Waals surface area contributed by atoms with Crippen LogP contribution in [0, 0.1) is 12.7 Å². The van der Waals surface area contributed by atoms with Crippen molar-refractivity contribution >= 4 is 22.8 Å². The molecule has 23 heavy (non-hydrogen) atoms. The number of carbonyl (C=O) groups is 1. The predicted octanol–water partition coefficient (Wildman–Crippen LogP) is 1.87. The smallest absolute Gasteiger partial charge is 0.344 e. The lowest BCUT2D eigenvalue weighted by Gasteiger charge is -2.12. The van der Waals surface area contributed by atoms with Gasteiger partial charge in [0.2, 0.25) is 5.78 Å². The van der Waals surface area contributed by atoms with Crippen LogP contribution in [0.4, 0.5) is 10.2 Å². The van der Waals surface area contributed by atoms with Crippen molar-refractivity contribution < 1.29 is 18.5 Å². The van der Waals surface area contributed by atoms with E-state index in [-0.39, 0.29) is 27.9 Å². The number of aromatic nitrogens is 2. The van der Waals surface area contributed by atoms with Gasteiger partial charge >= 0.3 is 5.16 Å². The molecule has 0 radical (unpaired) electrons. The molecule has 8 heteroatoms. The van der Waals surface area contributed by atoms with E-state index in [1.807, 2.05) is 0 Å². The van der Waals surface area contributed by atoms with Crippen LogP contribution in [0.15, 0.2) is 23.5 Å². The Bertz CT molecular complexity index is 755. The molecule has 6 nitrogen and oxygen atoms in total. The van der Waals surface area contributed by atoms with Crippen LogP contribution >= 0.6 is 0 Å². The molecule has 1 heterocycles. The number of halogens is 1. The molecular weight excluding hydrogens is 321 g/mol. The highest BCUT2D eigenvalue weighted by Crippen LogP contribution is 2.28. The quantitative estimate of drug-likeness (QED) is 0.508. The molecular formula is C15H16FN3O3S. The summed E-state index contributed by atoms with van der Waals surface area (Å²) >= 11 is -1.38.